The van der Waals surface area contributed by atoms with Crippen molar-refractivity contribution in [3.63, 3.8) is 0 Å². The number of hydrogen-bond donors (Lipinski definition) is 5. The quantitative estimate of drug-likeness (QED) is 0.117. The summed E-state index contributed by atoms with van der Waals surface area (Å²) in [6, 6.07) is 31.2. The van der Waals surface area contributed by atoms with Crippen molar-refractivity contribution in [3.8, 4) is 11.1 Å². The Bertz CT molecular complexity index is 1750. The van der Waals surface area contributed by atoms with E-state index in [1.165, 1.54) is 0 Å². The number of nitrogens with one attached hydrogen (secondary N) is 2. The number of likely N-dealkylation sites (tertiary alicyclic amines) is 1. The average molecular weight is 679 g/mol. The minimum Gasteiger partial charge on any atom is -0.397 e. The first kappa shape index (κ1) is 35.3. The van der Waals surface area contributed by atoms with E-state index in [-0.39, 0.29) is 49.6 Å². The monoisotopic (exact) mass is 678 g/mol. The lowest BCUT2D eigenvalue weighted by Gasteiger charge is -2.38. The van der Waals surface area contributed by atoms with Gasteiger partial charge in [0, 0.05) is 51.0 Å². The van der Waals surface area contributed by atoms with Crippen LogP contribution in [0.3, 0.4) is 0 Å². The maximum atomic E-state index is 12.6. The van der Waals surface area contributed by atoms with E-state index in [0.29, 0.717) is 43.9 Å². The molecule has 10 heteroatoms. The SMILES string of the molecule is Nc1ccccc1NC(=O)CCCC(=O)NCc1cccc(-c2cccc(C3OC(CN4CCC(O)C4)CC(c4ccc(CO)cc4)O3)c2)c1. The van der Waals surface area contributed by atoms with E-state index in [1.807, 2.05) is 60.7 Å². The molecule has 2 fully saturated rings. The summed E-state index contributed by atoms with van der Waals surface area (Å²) in [4.78, 5) is 27.1. The van der Waals surface area contributed by atoms with E-state index in [0.717, 1.165) is 46.3 Å². The molecule has 6 N–H and O–H groups in total. The van der Waals surface area contributed by atoms with Gasteiger partial charge in [0.1, 0.15) is 0 Å². The summed E-state index contributed by atoms with van der Waals surface area (Å²) in [7, 11) is 0. The van der Waals surface area contributed by atoms with Crippen molar-refractivity contribution in [2.24, 2.45) is 0 Å². The van der Waals surface area contributed by atoms with Crippen LogP contribution in [0.2, 0.25) is 0 Å². The van der Waals surface area contributed by atoms with Crippen LogP contribution in [0.5, 0.6) is 0 Å². The summed E-state index contributed by atoms with van der Waals surface area (Å²) < 4.78 is 13.1. The molecule has 2 saturated heterocycles. The van der Waals surface area contributed by atoms with Crippen molar-refractivity contribution in [2.75, 3.05) is 30.7 Å². The van der Waals surface area contributed by atoms with E-state index in [1.54, 1.807) is 24.3 Å². The van der Waals surface area contributed by atoms with E-state index in [9.17, 15) is 19.8 Å². The number of ether oxygens (including phenoxy) is 2. The first-order valence-corrected chi connectivity index (χ1v) is 17.3. The molecule has 6 rings (SSSR count). The third-order valence-corrected chi connectivity index (χ3v) is 9.28. The first-order chi connectivity index (χ1) is 24.3. The lowest BCUT2D eigenvalue weighted by atomic mass is 9.98. The molecule has 0 aliphatic carbocycles. The fourth-order valence-electron chi connectivity index (χ4n) is 6.55. The lowest BCUT2D eigenvalue weighted by molar-refractivity contribution is -0.252. The number of amides is 2. The molecule has 0 aromatic heterocycles. The summed E-state index contributed by atoms with van der Waals surface area (Å²) in [5.41, 5.74) is 12.7. The van der Waals surface area contributed by atoms with Crippen molar-refractivity contribution in [2.45, 2.75) is 69.9 Å². The number of anilines is 2. The van der Waals surface area contributed by atoms with Gasteiger partial charge in [0.2, 0.25) is 11.8 Å². The molecule has 4 atom stereocenters. The fraction of sp³-hybridized carbons (Fsp3) is 0.350. The predicted octanol–water partition coefficient (Wildman–Crippen LogP) is 5.47. The highest BCUT2D eigenvalue weighted by molar-refractivity contribution is 5.94. The Hall–Kier alpha value is -4.58. The number of hydrogen-bond acceptors (Lipinski definition) is 8. The van der Waals surface area contributed by atoms with Crippen LogP contribution in [0.4, 0.5) is 11.4 Å². The second kappa shape index (κ2) is 16.9. The number of aliphatic hydroxyl groups excluding tert-OH is 2. The molecule has 2 aliphatic rings. The number of nitrogen functional groups attached to an aromatic ring is 1. The van der Waals surface area contributed by atoms with E-state index < -0.39 is 6.29 Å². The van der Waals surface area contributed by atoms with Gasteiger partial charge in [-0.25, -0.2) is 0 Å². The summed E-state index contributed by atoms with van der Waals surface area (Å²) in [5.74, 6) is -0.293. The normalized spacial score (nSPS) is 20.8. The van der Waals surface area contributed by atoms with Crippen LogP contribution >= 0.6 is 0 Å². The minimum absolute atomic E-state index is 0.00990. The highest BCUT2D eigenvalue weighted by Crippen LogP contribution is 2.39. The van der Waals surface area contributed by atoms with Gasteiger partial charge in [-0.3, -0.25) is 14.5 Å². The Morgan fingerprint density at radius 2 is 1.60 bits per heavy atom. The second-order valence-corrected chi connectivity index (χ2v) is 13.1. The van der Waals surface area contributed by atoms with E-state index >= 15 is 0 Å². The Morgan fingerprint density at radius 3 is 2.36 bits per heavy atom. The Kier molecular flexibility index (Phi) is 11.9. The van der Waals surface area contributed by atoms with Crippen LogP contribution in [0, 0.1) is 0 Å². The molecule has 4 unspecified atom stereocenters. The van der Waals surface area contributed by atoms with Gasteiger partial charge in [-0.2, -0.15) is 0 Å². The van der Waals surface area contributed by atoms with Crippen LogP contribution in [-0.2, 0) is 32.2 Å². The molecule has 0 spiro atoms. The summed E-state index contributed by atoms with van der Waals surface area (Å²) in [6.07, 6.45) is 1.19. The van der Waals surface area contributed by atoms with Gasteiger partial charge in [0.25, 0.3) is 0 Å². The van der Waals surface area contributed by atoms with Gasteiger partial charge in [-0.1, -0.05) is 72.8 Å². The highest BCUT2D eigenvalue weighted by atomic mass is 16.7. The Balaban J connectivity index is 1.07. The number of nitrogens with two attached hydrogens (primary N) is 1. The summed E-state index contributed by atoms with van der Waals surface area (Å²) >= 11 is 0. The smallest absolute Gasteiger partial charge is 0.224 e. The Labute approximate surface area is 293 Å². The number of nitrogens with zero attached hydrogens (tertiary/aromatic N) is 1. The summed E-state index contributed by atoms with van der Waals surface area (Å²) in [5, 5.41) is 25.4. The molecule has 0 radical (unpaired) electrons. The van der Waals surface area contributed by atoms with Gasteiger partial charge in [-0.05, 0) is 64.9 Å². The zero-order valence-electron chi connectivity index (χ0n) is 28.2. The van der Waals surface area contributed by atoms with Crippen LogP contribution < -0.4 is 16.4 Å². The van der Waals surface area contributed by atoms with Gasteiger partial charge in [0.15, 0.2) is 6.29 Å². The zero-order chi connectivity index (χ0) is 34.9. The maximum absolute atomic E-state index is 12.6. The third kappa shape index (κ3) is 9.56. The molecule has 2 aliphatic heterocycles. The maximum Gasteiger partial charge on any atom is 0.224 e. The predicted molar refractivity (Wildman–Crippen MR) is 193 cm³/mol. The van der Waals surface area contributed by atoms with Crippen molar-refractivity contribution in [1.82, 2.24) is 10.2 Å². The van der Waals surface area contributed by atoms with Gasteiger partial charge in [-0.15, -0.1) is 0 Å². The number of rotatable bonds is 13. The first-order valence-electron chi connectivity index (χ1n) is 17.3. The largest absolute Gasteiger partial charge is 0.397 e. The van der Waals surface area contributed by atoms with Crippen molar-refractivity contribution >= 4 is 23.2 Å². The summed E-state index contributed by atoms with van der Waals surface area (Å²) in [6.45, 7) is 2.57. The molecule has 0 saturated carbocycles. The Morgan fingerprint density at radius 1 is 0.840 bits per heavy atom. The fourth-order valence-corrected chi connectivity index (χ4v) is 6.55. The molecule has 4 aromatic rings. The number of para-hydroxylation sites is 2. The number of benzene rings is 4. The molecule has 262 valence electrons. The van der Waals surface area contributed by atoms with E-state index in [2.05, 4.69) is 27.7 Å². The molecule has 50 heavy (non-hydrogen) atoms. The number of carbonyl (C=O) groups is 2. The van der Waals surface area contributed by atoms with E-state index in [4.69, 9.17) is 15.2 Å². The molecule has 4 aromatic carbocycles. The number of carbonyl (C=O) groups excluding carboxylic acids is 2. The molecule has 2 amide bonds. The number of aliphatic hydroxyl groups is 2. The second-order valence-electron chi connectivity index (χ2n) is 13.1. The van der Waals surface area contributed by atoms with Crippen LogP contribution in [0.15, 0.2) is 97.1 Å². The minimum atomic E-state index is -0.585. The van der Waals surface area contributed by atoms with Gasteiger partial charge in [0.05, 0.1) is 36.3 Å². The van der Waals surface area contributed by atoms with Gasteiger partial charge < -0.3 is 36.1 Å². The zero-order valence-corrected chi connectivity index (χ0v) is 28.2. The highest BCUT2D eigenvalue weighted by Gasteiger charge is 2.34. The van der Waals surface area contributed by atoms with Gasteiger partial charge >= 0.3 is 0 Å². The third-order valence-electron chi connectivity index (χ3n) is 9.28. The average Bonchev–Trinajstić information content (AvgIpc) is 3.55. The topological polar surface area (TPSA) is 146 Å². The van der Waals surface area contributed by atoms with Crippen LogP contribution in [-0.4, -0.2) is 58.8 Å². The molecule has 2 heterocycles. The molecule has 10 nitrogen and oxygen atoms in total. The standard InChI is InChI=1S/C40H46N4O6/c41-35-10-1-2-11-36(35)43-39(48)13-5-12-38(47)42-23-28-6-3-7-30(20-28)31-8-4-9-32(21-31)40-49-34(25-44-19-18-33(46)24-44)22-37(50-40)29-16-14-27(26-45)15-17-29/h1-4,6-11,14-17,20-21,33-34,37,40,45-46H,5,12-13,18-19,22-26,41H2,(H,42,47)(H,43,48). The lowest BCUT2D eigenvalue weighted by Crippen LogP contribution is -2.38. The molecular formula is C40H46N4O6. The van der Waals surface area contributed by atoms with Crippen LogP contribution in [0.25, 0.3) is 11.1 Å². The van der Waals surface area contributed by atoms with Crippen LogP contribution in [0.1, 0.15) is 66.8 Å². The molecule has 0 bridgehead atoms. The number of β-amino-alcohol motifs (C(OH)–C–C–N with tert-alkyl or cyclic N) is 1. The van der Waals surface area contributed by atoms with Crippen molar-refractivity contribution < 1.29 is 29.3 Å². The van der Waals surface area contributed by atoms with Crippen molar-refractivity contribution in [3.05, 3.63) is 119 Å². The molecular weight excluding hydrogens is 632 g/mol. The van der Waals surface area contributed by atoms with Crippen molar-refractivity contribution in [1.29, 1.82) is 0 Å².